The second-order valence-corrected chi connectivity index (χ2v) is 8.62. The number of aromatic nitrogens is 3. The van der Waals surface area contributed by atoms with Crippen LogP contribution in [0.15, 0.2) is 52.1 Å². The van der Waals surface area contributed by atoms with E-state index in [1.54, 1.807) is 20.3 Å². The lowest BCUT2D eigenvalue weighted by Crippen LogP contribution is -2.28. The maximum Gasteiger partial charge on any atom is 0.296 e. The van der Waals surface area contributed by atoms with Gasteiger partial charge < -0.3 is 14.2 Å². The number of rotatable bonds is 9. The van der Waals surface area contributed by atoms with Crippen LogP contribution in [0, 0.1) is 0 Å². The number of fused-ring (bicyclic) bond motifs is 1. The third-order valence-corrected chi connectivity index (χ3v) is 6.18. The van der Waals surface area contributed by atoms with Crippen LogP contribution < -0.4 is 29.9 Å². The Kier molecular flexibility index (Phi) is 7.22. The van der Waals surface area contributed by atoms with E-state index in [1.807, 2.05) is 42.5 Å². The number of benzene rings is 2. The molecule has 0 bridgehead atoms. The van der Waals surface area contributed by atoms with Crippen LogP contribution in [0.25, 0.3) is 11.0 Å². The molecule has 0 atom stereocenters. The van der Waals surface area contributed by atoms with Gasteiger partial charge in [-0.05, 0) is 47.9 Å². The van der Waals surface area contributed by atoms with Crippen molar-refractivity contribution in [2.24, 2.45) is 0 Å². The van der Waals surface area contributed by atoms with Gasteiger partial charge in [0.1, 0.15) is 11.4 Å². The van der Waals surface area contributed by atoms with Crippen LogP contribution >= 0.6 is 11.3 Å². The van der Waals surface area contributed by atoms with Crippen molar-refractivity contribution in [3.8, 4) is 17.2 Å². The van der Waals surface area contributed by atoms with Crippen LogP contribution in [0.3, 0.4) is 0 Å². The van der Waals surface area contributed by atoms with E-state index in [-0.39, 0.29) is 22.6 Å². The standard InChI is InChI=1S/C25H25N3O5S/c1-4-5-12-33-20-11-8-17(14-21(20)32-3)15-22-24(30)28-25(34-22)26-23(29)19(27-28)13-16-6-9-18(31-2)10-7-16/h6-11,14-15H,4-5,12-13H2,1-3H3/b22-15-. The third-order valence-electron chi connectivity index (χ3n) is 5.22. The minimum absolute atomic E-state index is 0.208. The molecule has 2 aromatic carbocycles. The van der Waals surface area contributed by atoms with Crippen molar-refractivity contribution in [2.45, 2.75) is 26.2 Å². The van der Waals surface area contributed by atoms with Crippen LogP contribution in [0.4, 0.5) is 0 Å². The molecule has 176 valence electrons. The third kappa shape index (κ3) is 5.09. The first-order chi connectivity index (χ1) is 16.5. The molecule has 0 aliphatic carbocycles. The van der Waals surface area contributed by atoms with Crippen molar-refractivity contribution in [3.63, 3.8) is 0 Å². The normalized spacial score (nSPS) is 11.7. The van der Waals surface area contributed by atoms with E-state index in [0.717, 1.165) is 41.1 Å². The SMILES string of the molecule is CCCCOc1ccc(/C=c2\sc3nc(=O)c(Cc4ccc(OC)cc4)nn3c2=O)cc1OC. The molecule has 0 saturated heterocycles. The molecule has 34 heavy (non-hydrogen) atoms. The summed E-state index contributed by atoms with van der Waals surface area (Å²) in [7, 11) is 3.17. The van der Waals surface area contributed by atoms with Gasteiger partial charge in [-0.1, -0.05) is 42.9 Å². The van der Waals surface area contributed by atoms with Crippen molar-refractivity contribution in [2.75, 3.05) is 20.8 Å². The van der Waals surface area contributed by atoms with Crippen molar-refractivity contribution < 1.29 is 14.2 Å². The lowest BCUT2D eigenvalue weighted by molar-refractivity contribution is 0.288. The number of ether oxygens (including phenoxy) is 3. The van der Waals surface area contributed by atoms with E-state index in [2.05, 4.69) is 17.0 Å². The second kappa shape index (κ2) is 10.5. The molecule has 0 amide bonds. The summed E-state index contributed by atoms with van der Waals surface area (Å²) in [5.41, 5.74) is 1.07. The lowest BCUT2D eigenvalue weighted by atomic mass is 10.1. The fourth-order valence-corrected chi connectivity index (χ4v) is 4.26. The Morgan fingerprint density at radius 2 is 1.82 bits per heavy atom. The lowest BCUT2D eigenvalue weighted by Gasteiger charge is -2.10. The van der Waals surface area contributed by atoms with E-state index >= 15 is 0 Å². The highest BCUT2D eigenvalue weighted by molar-refractivity contribution is 7.15. The van der Waals surface area contributed by atoms with E-state index < -0.39 is 5.56 Å². The number of unbranched alkanes of at least 4 members (excludes halogenated alkanes) is 1. The summed E-state index contributed by atoms with van der Waals surface area (Å²) in [5.74, 6) is 1.97. The van der Waals surface area contributed by atoms with Gasteiger partial charge in [-0.3, -0.25) is 9.59 Å². The number of hydrogen-bond donors (Lipinski definition) is 0. The predicted octanol–water partition coefficient (Wildman–Crippen LogP) is 2.85. The highest BCUT2D eigenvalue weighted by atomic mass is 32.1. The second-order valence-electron chi connectivity index (χ2n) is 7.61. The van der Waals surface area contributed by atoms with Crippen molar-refractivity contribution >= 4 is 22.4 Å². The van der Waals surface area contributed by atoms with Gasteiger partial charge in [0.25, 0.3) is 11.1 Å². The highest BCUT2D eigenvalue weighted by Crippen LogP contribution is 2.28. The van der Waals surface area contributed by atoms with Crippen LogP contribution in [0.5, 0.6) is 17.2 Å². The Morgan fingerprint density at radius 1 is 1.03 bits per heavy atom. The zero-order valence-corrected chi connectivity index (χ0v) is 20.1. The summed E-state index contributed by atoms with van der Waals surface area (Å²) in [4.78, 5) is 29.9. The van der Waals surface area contributed by atoms with Crippen LogP contribution in [0.2, 0.25) is 0 Å². The molecule has 2 aromatic heterocycles. The number of thiazole rings is 1. The molecule has 2 heterocycles. The number of nitrogens with zero attached hydrogens (tertiary/aromatic N) is 3. The van der Waals surface area contributed by atoms with Crippen molar-refractivity contribution in [3.05, 3.63) is 84.5 Å². The molecular formula is C25H25N3O5S. The first-order valence-corrected chi connectivity index (χ1v) is 11.7. The number of methoxy groups -OCH3 is 2. The summed E-state index contributed by atoms with van der Waals surface area (Å²) in [5, 5.41) is 4.31. The molecule has 4 aromatic rings. The van der Waals surface area contributed by atoms with E-state index in [9.17, 15) is 9.59 Å². The summed E-state index contributed by atoms with van der Waals surface area (Å²) in [6, 6.07) is 12.8. The van der Waals surface area contributed by atoms with Gasteiger partial charge in [0.05, 0.1) is 25.4 Å². The molecule has 9 heteroatoms. The van der Waals surface area contributed by atoms with Gasteiger partial charge in [-0.25, -0.2) is 0 Å². The molecule has 0 unspecified atom stereocenters. The summed E-state index contributed by atoms with van der Waals surface area (Å²) < 4.78 is 18.0. The summed E-state index contributed by atoms with van der Waals surface area (Å²) in [6.07, 6.45) is 4.00. The zero-order valence-electron chi connectivity index (χ0n) is 19.2. The molecule has 0 aliphatic rings. The Morgan fingerprint density at radius 3 is 2.53 bits per heavy atom. The molecule has 0 radical (unpaired) electrons. The maximum atomic E-state index is 13.0. The first-order valence-electron chi connectivity index (χ1n) is 10.9. The fraction of sp³-hybridized carbons (Fsp3) is 0.280. The van der Waals surface area contributed by atoms with Gasteiger partial charge in [0, 0.05) is 6.42 Å². The Bertz CT molecular complexity index is 1460. The van der Waals surface area contributed by atoms with Gasteiger partial charge in [-0.15, -0.1) is 0 Å². The fourth-order valence-electron chi connectivity index (χ4n) is 3.36. The van der Waals surface area contributed by atoms with Gasteiger partial charge >= 0.3 is 0 Å². The smallest absolute Gasteiger partial charge is 0.296 e. The minimum Gasteiger partial charge on any atom is -0.497 e. The quantitative estimate of drug-likeness (QED) is 0.341. The molecule has 4 rings (SSSR count). The predicted molar refractivity (Wildman–Crippen MR) is 131 cm³/mol. The van der Waals surface area contributed by atoms with Gasteiger partial charge in [0.2, 0.25) is 4.96 Å². The molecule has 0 saturated carbocycles. The maximum absolute atomic E-state index is 13.0. The summed E-state index contributed by atoms with van der Waals surface area (Å²) in [6.45, 7) is 2.71. The Hall–Kier alpha value is -3.72. The Labute approximate surface area is 200 Å². The van der Waals surface area contributed by atoms with E-state index in [1.165, 1.54) is 4.52 Å². The largest absolute Gasteiger partial charge is 0.497 e. The van der Waals surface area contributed by atoms with Gasteiger partial charge in [-0.2, -0.15) is 14.6 Å². The van der Waals surface area contributed by atoms with Crippen molar-refractivity contribution in [1.29, 1.82) is 0 Å². The van der Waals surface area contributed by atoms with Crippen molar-refractivity contribution in [1.82, 2.24) is 14.6 Å². The van der Waals surface area contributed by atoms with Crippen LogP contribution in [-0.2, 0) is 6.42 Å². The Balaban J connectivity index is 1.66. The molecule has 8 nitrogen and oxygen atoms in total. The molecule has 0 N–H and O–H groups in total. The zero-order chi connectivity index (χ0) is 24.1. The average Bonchev–Trinajstić information content (AvgIpc) is 3.14. The first kappa shape index (κ1) is 23.4. The summed E-state index contributed by atoms with van der Waals surface area (Å²) >= 11 is 1.12. The highest BCUT2D eigenvalue weighted by Gasteiger charge is 2.12. The van der Waals surface area contributed by atoms with E-state index in [4.69, 9.17) is 14.2 Å². The number of hydrogen-bond acceptors (Lipinski definition) is 8. The van der Waals surface area contributed by atoms with Crippen LogP contribution in [0.1, 0.15) is 36.6 Å². The van der Waals surface area contributed by atoms with Crippen LogP contribution in [-0.4, -0.2) is 35.4 Å². The molecule has 0 aliphatic heterocycles. The molecular weight excluding hydrogens is 454 g/mol. The topological polar surface area (TPSA) is 92.0 Å². The monoisotopic (exact) mass is 479 g/mol. The van der Waals surface area contributed by atoms with E-state index in [0.29, 0.717) is 22.6 Å². The molecule has 0 fully saturated rings. The minimum atomic E-state index is -0.445. The average molecular weight is 480 g/mol. The van der Waals surface area contributed by atoms with Gasteiger partial charge in [0.15, 0.2) is 11.5 Å². The molecule has 0 spiro atoms.